The van der Waals surface area contributed by atoms with Crippen molar-refractivity contribution < 1.29 is 4.74 Å². The topological polar surface area (TPSA) is 78.2 Å². The summed E-state index contributed by atoms with van der Waals surface area (Å²) in [6.45, 7) is 6.99. The Balaban J connectivity index is 1.61. The second-order valence-corrected chi connectivity index (χ2v) is 6.52. The molecule has 7 nitrogen and oxygen atoms in total. The highest BCUT2D eigenvalue weighted by atomic mass is 32.1. The Bertz CT molecular complexity index is 713. The predicted molar refractivity (Wildman–Crippen MR) is 92.1 cm³/mol. The van der Waals surface area contributed by atoms with Crippen molar-refractivity contribution in [2.24, 2.45) is 0 Å². The van der Waals surface area contributed by atoms with Crippen molar-refractivity contribution in [1.82, 2.24) is 20.1 Å². The zero-order valence-corrected chi connectivity index (χ0v) is 14.5. The third-order valence-corrected chi connectivity index (χ3v) is 4.69. The number of hydrogen-bond acceptors (Lipinski definition) is 8. The van der Waals surface area contributed by atoms with Gasteiger partial charge in [0.25, 0.3) is 5.19 Å². The van der Waals surface area contributed by atoms with Gasteiger partial charge in [0, 0.05) is 32.4 Å². The molecule has 0 amide bonds. The second-order valence-electron chi connectivity index (χ2n) is 5.50. The molecule has 1 aliphatic heterocycles. The Kier molecular flexibility index (Phi) is 5.56. The summed E-state index contributed by atoms with van der Waals surface area (Å²) in [5, 5.41) is 19.1. The fraction of sp³-hybridized carbons (Fsp3) is 0.500. The first-order chi connectivity index (χ1) is 11.8. The van der Waals surface area contributed by atoms with Gasteiger partial charge in [-0.3, -0.25) is 4.90 Å². The monoisotopic (exact) mass is 344 g/mol. The van der Waals surface area contributed by atoms with E-state index >= 15 is 0 Å². The Morgan fingerprint density at radius 1 is 1.29 bits per heavy atom. The van der Waals surface area contributed by atoms with Crippen LogP contribution in [-0.4, -0.2) is 52.9 Å². The van der Waals surface area contributed by atoms with Gasteiger partial charge in [-0.15, -0.1) is 10.2 Å². The molecule has 1 aliphatic rings. The van der Waals surface area contributed by atoms with Crippen molar-refractivity contribution >= 4 is 17.2 Å². The van der Waals surface area contributed by atoms with Gasteiger partial charge in [0.15, 0.2) is 0 Å². The summed E-state index contributed by atoms with van der Waals surface area (Å²) in [5.74, 6) is 0.788. The zero-order valence-electron chi connectivity index (χ0n) is 13.7. The van der Waals surface area contributed by atoms with Crippen molar-refractivity contribution in [2.45, 2.75) is 19.9 Å². The number of nitrogens with zero attached hydrogens (tertiary/aromatic N) is 6. The van der Waals surface area contributed by atoms with E-state index in [2.05, 4.69) is 31.1 Å². The Labute approximate surface area is 145 Å². The van der Waals surface area contributed by atoms with E-state index in [1.165, 1.54) is 11.3 Å². The number of aromatic nitrogens is 3. The van der Waals surface area contributed by atoms with Crippen LogP contribution in [0.4, 0.5) is 5.82 Å². The van der Waals surface area contributed by atoms with Crippen molar-refractivity contribution in [3.8, 4) is 11.3 Å². The molecule has 8 heteroatoms. The molecule has 2 aromatic heterocycles. The van der Waals surface area contributed by atoms with Gasteiger partial charge >= 0.3 is 0 Å². The van der Waals surface area contributed by atoms with Gasteiger partial charge in [0.1, 0.15) is 16.9 Å². The van der Waals surface area contributed by atoms with Crippen LogP contribution >= 0.6 is 11.3 Å². The van der Waals surface area contributed by atoms with Crippen molar-refractivity contribution in [3.05, 3.63) is 28.9 Å². The van der Waals surface area contributed by atoms with E-state index in [-0.39, 0.29) is 0 Å². The molecule has 0 spiro atoms. The number of hydrogen-bond donors (Lipinski definition) is 0. The summed E-state index contributed by atoms with van der Waals surface area (Å²) in [4.78, 5) is 8.96. The molecule has 0 unspecified atom stereocenters. The van der Waals surface area contributed by atoms with E-state index in [0.29, 0.717) is 17.4 Å². The fourth-order valence-corrected chi connectivity index (χ4v) is 3.54. The quantitative estimate of drug-likeness (QED) is 0.820. The molecule has 3 heterocycles. The summed E-state index contributed by atoms with van der Waals surface area (Å²) in [5.41, 5.74) is 0.636. The molecule has 0 atom stereocenters. The Morgan fingerprint density at radius 2 is 2.21 bits per heavy atom. The normalized spacial score (nSPS) is 15.8. The van der Waals surface area contributed by atoms with E-state index in [1.807, 2.05) is 13.0 Å². The molecular formula is C16H20N6OS. The number of anilines is 1. The molecule has 1 saturated heterocycles. The summed E-state index contributed by atoms with van der Waals surface area (Å²) in [7, 11) is 0. The van der Waals surface area contributed by atoms with Crippen LogP contribution in [-0.2, 0) is 6.54 Å². The number of rotatable bonds is 5. The number of pyridine rings is 1. The molecule has 0 saturated carbocycles. The summed E-state index contributed by atoms with van der Waals surface area (Å²) >= 11 is 1.51. The van der Waals surface area contributed by atoms with Gasteiger partial charge in [-0.05, 0) is 25.5 Å². The second kappa shape index (κ2) is 8.04. The van der Waals surface area contributed by atoms with Crippen molar-refractivity contribution in [1.29, 1.82) is 5.26 Å². The molecule has 0 N–H and O–H groups in total. The lowest BCUT2D eigenvalue weighted by Crippen LogP contribution is -2.31. The number of ether oxygens (including phenoxy) is 1. The Hall–Kier alpha value is -2.24. The van der Waals surface area contributed by atoms with Crippen LogP contribution in [0, 0.1) is 11.3 Å². The minimum Gasteiger partial charge on any atom is -0.469 e. The maximum atomic E-state index is 9.26. The SMILES string of the molecule is CCOc1nnc(CN2CCCN(c3ncccc3C#N)CC2)s1. The van der Waals surface area contributed by atoms with Crippen LogP contribution < -0.4 is 9.64 Å². The van der Waals surface area contributed by atoms with E-state index in [9.17, 15) is 5.26 Å². The van der Waals surface area contributed by atoms with Gasteiger partial charge in [0.05, 0.1) is 18.7 Å². The minimum absolute atomic E-state index is 0.610. The van der Waals surface area contributed by atoms with Crippen LogP contribution in [0.2, 0.25) is 0 Å². The van der Waals surface area contributed by atoms with Crippen molar-refractivity contribution in [2.75, 3.05) is 37.7 Å². The molecule has 0 radical (unpaired) electrons. The van der Waals surface area contributed by atoms with Gasteiger partial charge in [-0.2, -0.15) is 5.26 Å². The summed E-state index contributed by atoms with van der Waals surface area (Å²) in [6, 6.07) is 5.85. The lowest BCUT2D eigenvalue weighted by Gasteiger charge is -2.22. The third-order valence-electron chi connectivity index (χ3n) is 3.87. The van der Waals surface area contributed by atoms with Crippen LogP contribution in [0.1, 0.15) is 23.9 Å². The average Bonchev–Trinajstić information content (AvgIpc) is 2.91. The van der Waals surface area contributed by atoms with E-state index in [4.69, 9.17) is 4.74 Å². The van der Waals surface area contributed by atoms with Crippen LogP contribution in [0.15, 0.2) is 18.3 Å². The maximum absolute atomic E-state index is 9.26. The van der Waals surface area contributed by atoms with Gasteiger partial charge in [0.2, 0.25) is 0 Å². The lowest BCUT2D eigenvalue weighted by atomic mass is 10.2. The van der Waals surface area contributed by atoms with Crippen LogP contribution in [0.3, 0.4) is 0 Å². The first-order valence-corrected chi connectivity index (χ1v) is 8.89. The molecule has 0 aromatic carbocycles. The summed E-state index contributed by atoms with van der Waals surface area (Å²) < 4.78 is 5.38. The largest absolute Gasteiger partial charge is 0.469 e. The smallest absolute Gasteiger partial charge is 0.294 e. The standard InChI is InChI=1S/C16H20N6OS/c1-2-23-16-20-19-14(24-16)12-21-7-4-8-22(10-9-21)15-13(11-17)5-3-6-18-15/h3,5-6H,2,4,7-10,12H2,1H3. The van der Waals surface area contributed by atoms with Gasteiger partial charge < -0.3 is 9.64 Å². The molecule has 0 aliphatic carbocycles. The average molecular weight is 344 g/mol. The molecule has 24 heavy (non-hydrogen) atoms. The van der Waals surface area contributed by atoms with Crippen molar-refractivity contribution in [3.63, 3.8) is 0 Å². The molecule has 3 rings (SSSR count). The minimum atomic E-state index is 0.610. The van der Waals surface area contributed by atoms with E-state index in [1.54, 1.807) is 12.3 Å². The third kappa shape index (κ3) is 3.99. The molecular weight excluding hydrogens is 324 g/mol. The van der Waals surface area contributed by atoms with E-state index in [0.717, 1.165) is 50.0 Å². The first-order valence-electron chi connectivity index (χ1n) is 8.07. The van der Waals surface area contributed by atoms with Crippen LogP contribution in [0.5, 0.6) is 5.19 Å². The number of nitriles is 1. The van der Waals surface area contributed by atoms with Gasteiger partial charge in [-0.25, -0.2) is 4.98 Å². The lowest BCUT2D eigenvalue weighted by molar-refractivity contribution is 0.284. The highest BCUT2D eigenvalue weighted by Crippen LogP contribution is 2.21. The molecule has 2 aromatic rings. The zero-order chi connectivity index (χ0) is 16.8. The maximum Gasteiger partial charge on any atom is 0.294 e. The molecule has 1 fully saturated rings. The Morgan fingerprint density at radius 3 is 3.04 bits per heavy atom. The highest BCUT2D eigenvalue weighted by molar-refractivity contribution is 7.13. The fourth-order valence-electron chi connectivity index (χ4n) is 2.75. The highest BCUT2D eigenvalue weighted by Gasteiger charge is 2.19. The summed E-state index contributed by atoms with van der Waals surface area (Å²) in [6.07, 6.45) is 2.77. The first kappa shape index (κ1) is 16.6. The van der Waals surface area contributed by atoms with Gasteiger partial charge in [-0.1, -0.05) is 11.3 Å². The molecule has 0 bridgehead atoms. The van der Waals surface area contributed by atoms with Crippen LogP contribution in [0.25, 0.3) is 0 Å². The van der Waals surface area contributed by atoms with E-state index < -0.39 is 0 Å². The predicted octanol–water partition coefficient (Wildman–Crippen LogP) is 1.92. The molecule has 126 valence electrons.